The van der Waals surface area contributed by atoms with Crippen molar-refractivity contribution >= 4 is 11.6 Å². The first kappa shape index (κ1) is 17.6. The first-order valence-electron chi connectivity index (χ1n) is 9.13. The Morgan fingerprint density at radius 1 is 0.429 bits per heavy atom. The molecule has 0 saturated carbocycles. The molecule has 0 aliphatic carbocycles. The molecule has 4 aromatic carbocycles. The number of benzene rings is 4. The highest BCUT2D eigenvalue weighted by Crippen LogP contribution is 2.34. The Morgan fingerprint density at radius 3 is 1.61 bits per heavy atom. The fraction of sp³-hybridized carbons (Fsp3) is 0. The third kappa shape index (κ3) is 3.40. The number of rotatable bonds is 5. The van der Waals surface area contributed by atoms with Crippen LogP contribution in [-0.4, -0.2) is 11.6 Å². The number of hydrogen-bond acceptors (Lipinski definition) is 2. The summed E-state index contributed by atoms with van der Waals surface area (Å²) in [5, 5.41) is 0. The van der Waals surface area contributed by atoms with E-state index in [1.165, 1.54) is 0 Å². The quantitative estimate of drug-likeness (QED) is 0.318. The summed E-state index contributed by atoms with van der Waals surface area (Å²) in [6, 6.07) is 34.0. The zero-order valence-electron chi connectivity index (χ0n) is 15.2. The van der Waals surface area contributed by atoms with Gasteiger partial charge in [0.15, 0.2) is 0 Å². The second-order valence-electron chi connectivity index (χ2n) is 6.48. The highest BCUT2D eigenvalue weighted by atomic mass is 16.2. The monoisotopic (exact) mass is 362 g/mol. The largest absolute Gasteiger partial charge is 0.285 e. The molecule has 0 heterocycles. The van der Waals surface area contributed by atoms with Crippen LogP contribution in [0.25, 0.3) is 22.3 Å². The molecule has 0 atom stereocenters. The van der Waals surface area contributed by atoms with Crippen LogP contribution in [0.3, 0.4) is 0 Å². The SMILES string of the molecule is O=C(C(=O)c1ccccc1-c1ccccc1-c1ccccc1)c1ccccc1. The Labute approximate surface area is 164 Å². The normalized spacial score (nSPS) is 10.4. The lowest BCUT2D eigenvalue weighted by Gasteiger charge is -2.13. The first-order chi connectivity index (χ1) is 13.8. The van der Waals surface area contributed by atoms with Crippen LogP contribution in [-0.2, 0) is 0 Å². The van der Waals surface area contributed by atoms with Gasteiger partial charge in [-0.3, -0.25) is 9.59 Å². The van der Waals surface area contributed by atoms with E-state index in [4.69, 9.17) is 0 Å². The van der Waals surface area contributed by atoms with E-state index < -0.39 is 11.6 Å². The molecule has 2 nitrogen and oxygen atoms in total. The van der Waals surface area contributed by atoms with E-state index in [0.717, 1.165) is 22.3 Å². The van der Waals surface area contributed by atoms with Gasteiger partial charge in [-0.1, -0.05) is 109 Å². The predicted octanol–water partition coefficient (Wildman–Crippen LogP) is 6.09. The molecular weight excluding hydrogens is 344 g/mol. The fourth-order valence-corrected chi connectivity index (χ4v) is 3.35. The summed E-state index contributed by atoms with van der Waals surface area (Å²) >= 11 is 0. The van der Waals surface area contributed by atoms with Gasteiger partial charge in [-0.15, -0.1) is 0 Å². The van der Waals surface area contributed by atoms with E-state index in [0.29, 0.717) is 11.1 Å². The molecule has 0 saturated heterocycles. The fourth-order valence-electron chi connectivity index (χ4n) is 3.35. The maximum Gasteiger partial charge on any atom is 0.234 e. The van der Waals surface area contributed by atoms with Crippen molar-refractivity contribution in [2.45, 2.75) is 0 Å². The Kier molecular flexibility index (Phi) is 4.94. The molecule has 0 radical (unpaired) electrons. The van der Waals surface area contributed by atoms with Gasteiger partial charge in [0.25, 0.3) is 0 Å². The third-order valence-electron chi connectivity index (χ3n) is 4.72. The van der Waals surface area contributed by atoms with Crippen LogP contribution in [0.4, 0.5) is 0 Å². The van der Waals surface area contributed by atoms with E-state index in [9.17, 15) is 9.59 Å². The topological polar surface area (TPSA) is 34.1 Å². The summed E-state index contributed by atoms with van der Waals surface area (Å²) in [4.78, 5) is 25.8. The van der Waals surface area contributed by atoms with Gasteiger partial charge in [0.05, 0.1) is 0 Å². The highest BCUT2D eigenvalue weighted by Gasteiger charge is 2.22. The molecule has 0 spiro atoms. The molecule has 0 aromatic heterocycles. The minimum absolute atomic E-state index is 0.402. The minimum atomic E-state index is -0.496. The Bertz CT molecular complexity index is 1130. The number of carbonyl (C=O) groups excluding carboxylic acids is 2. The van der Waals surface area contributed by atoms with Gasteiger partial charge in [0, 0.05) is 11.1 Å². The molecule has 0 unspecified atom stereocenters. The van der Waals surface area contributed by atoms with Crippen LogP contribution in [0.2, 0.25) is 0 Å². The molecule has 0 aliphatic rings. The van der Waals surface area contributed by atoms with E-state index in [-0.39, 0.29) is 0 Å². The molecule has 0 N–H and O–H groups in total. The lowest BCUT2D eigenvalue weighted by Crippen LogP contribution is -2.15. The number of carbonyl (C=O) groups is 2. The summed E-state index contributed by atoms with van der Waals surface area (Å²) < 4.78 is 0. The van der Waals surface area contributed by atoms with Gasteiger partial charge < -0.3 is 0 Å². The Hall–Kier alpha value is -3.78. The summed E-state index contributed by atoms with van der Waals surface area (Å²) in [5.41, 5.74) is 4.60. The second kappa shape index (κ2) is 7.85. The molecular formula is C26H18O2. The molecule has 4 rings (SSSR count). The smallest absolute Gasteiger partial charge is 0.234 e. The zero-order valence-corrected chi connectivity index (χ0v) is 15.2. The lowest BCUT2D eigenvalue weighted by molar-refractivity contribution is 0.0817. The van der Waals surface area contributed by atoms with Crippen molar-refractivity contribution in [2.24, 2.45) is 0 Å². The standard InChI is InChI=1S/C26H18O2/c27-25(20-13-5-2-6-14-20)26(28)24-18-10-9-17-23(24)22-16-8-7-15-21(22)19-11-3-1-4-12-19/h1-18H. The van der Waals surface area contributed by atoms with Gasteiger partial charge in [-0.2, -0.15) is 0 Å². The average molecular weight is 362 g/mol. The third-order valence-corrected chi connectivity index (χ3v) is 4.72. The number of ketones is 2. The highest BCUT2D eigenvalue weighted by molar-refractivity contribution is 6.50. The molecule has 134 valence electrons. The summed E-state index contributed by atoms with van der Waals surface area (Å²) in [6.07, 6.45) is 0. The number of hydrogen-bond donors (Lipinski definition) is 0. The average Bonchev–Trinajstić information content (AvgIpc) is 2.79. The molecule has 0 fully saturated rings. The van der Waals surface area contributed by atoms with Crippen LogP contribution in [0, 0.1) is 0 Å². The van der Waals surface area contributed by atoms with Gasteiger partial charge in [-0.05, 0) is 22.3 Å². The predicted molar refractivity (Wildman–Crippen MR) is 112 cm³/mol. The zero-order chi connectivity index (χ0) is 19.3. The van der Waals surface area contributed by atoms with E-state index in [1.807, 2.05) is 72.8 Å². The second-order valence-corrected chi connectivity index (χ2v) is 6.48. The van der Waals surface area contributed by atoms with Gasteiger partial charge in [-0.25, -0.2) is 0 Å². The van der Waals surface area contributed by atoms with Gasteiger partial charge in [0.1, 0.15) is 0 Å². The van der Waals surface area contributed by atoms with Crippen LogP contribution in [0.1, 0.15) is 20.7 Å². The summed E-state index contributed by atoms with van der Waals surface area (Å²) in [7, 11) is 0. The minimum Gasteiger partial charge on any atom is -0.285 e. The first-order valence-corrected chi connectivity index (χ1v) is 9.13. The van der Waals surface area contributed by atoms with Crippen molar-refractivity contribution in [1.29, 1.82) is 0 Å². The summed E-state index contributed by atoms with van der Waals surface area (Å²) in [6.45, 7) is 0. The molecule has 0 aliphatic heterocycles. The van der Waals surface area contributed by atoms with Crippen LogP contribution < -0.4 is 0 Å². The molecule has 28 heavy (non-hydrogen) atoms. The van der Waals surface area contributed by atoms with Crippen molar-refractivity contribution in [2.75, 3.05) is 0 Å². The maximum absolute atomic E-state index is 13.0. The maximum atomic E-state index is 13.0. The van der Waals surface area contributed by atoms with E-state index >= 15 is 0 Å². The van der Waals surface area contributed by atoms with Crippen molar-refractivity contribution in [3.05, 3.63) is 120 Å². The van der Waals surface area contributed by atoms with Crippen molar-refractivity contribution in [3.8, 4) is 22.3 Å². The molecule has 2 heteroatoms. The summed E-state index contributed by atoms with van der Waals surface area (Å²) in [5.74, 6) is -0.991. The van der Waals surface area contributed by atoms with Crippen molar-refractivity contribution in [3.63, 3.8) is 0 Å². The van der Waals surface area contributed by atoms with Crippen LogP contribution in [0.5, 0.6) is 0 Å². The van der Waals surface area contributed by atoms with Crippen LogP contribution >= 0.6 is 0 Å². The van der Waals surface area contributed by atoms with Crippen molar-refractivity contribution < 1.29 is 9.59 Å². The lowest BCUT2D eigenvalue weighted by atomic mass is 9.89. The molecule has 0 bridgehead atoms. The Morgan fingerprint density at radius 2 is 0.929 bits per heavy atom. The van der Waals surface area contributed by atoms with Crippen molar-refractivity contribution in [1.82, 2.24) is 0 Å². The van der Waals surface area contributed by atoms with Gasteiger partial charge >= 0.3 is 0 Å². The van der Waals surface area contributed by atoms with Gasteiger partial charge in [0.2, 0.25) is 11.6 Å². The molecule has 4 aromatic rings. The molecule has 0 amide bonds. The van der Waals surface area contributed by atoms with Crippen LogP contribution in [0.15, 0.2) is 109 Å². The van der Waals surface area contributed by atoms with E-state index in [1.54, 1.807) is 36.4 Å². The number of Topliss-reactive ketones (excluding diaryl/α,β-unsaturated/α-hetero) is 2. The Balaban J connectivity index is 1.82. The van der Waals surface area contributed by atoms with E-state index in [2.05, 4.69) is 0 Å².